The van der Waals surface area contributed by atoms with E-state index in [2.05, 4.69) is 26.6 Å². The van der Waals surface area contributed by atoms with Gasteiger partial charge in [-0.3, -0.25) is 9.59 Å². The molecule has 0 fully saturated rings. The van der Waals surface area contributed by atoms with Crippen molar-refractivity contribution in [1.82, 2.24) is 10.6 Å². The summed E-state index contributed by atoms with van der Waals surface area (Å²) < 4.78 is 27.2. The summed E-state index contributed by atoms with van der Waals surface area (Å²) in [6, 6.07) is 2.01. The molecule has 0 radical (unpaired) electrons. The lowest BCUT2D eigenvalue weighted by atomic mass is 10.2. The molecule has 0 aromatic heterocycles. The molecular weight excluding hydrogens is 334 g/mol. The highest BCUT2D eigenvalue weighted by Crippen LogP contribution is 2.19. The van der Waals surface area contributed by atoms with Gasteiger partial charge in [-0.25, -0.2) is 8.78 Å². The molecule has 0 spiro atoms. The van der Waals surface area contributed by atoms with E-state index < -0.39 is 23.1 Å². The molecule has 4 nitrogen and oxygen atoms in total. The second kappa shape index (κ2) is 7.33. The molecule has 20 heavy (non-hydrogen) atoms. The highest BCUT2D eigenvalue weighted by Gasteiger charge is 2.18. The number of carbonyl (C=O) groups excluding carboxylic acids is 2. The maximum atomic E-state index is 13.5. The SMILES string of the molecule is CC(C)NC(=O)CCNC(=O)c1c(F)cc(Br)cc1F. The number of hydrogen-bond donors (Lipinski definition) is 2. The van der Waals surface area contributed by atoms with E-state index in [1.807, 2.05) is 13.8 Å². The highest BCUT2D eigenvalue weighted by molar-refractivity contribution is 9.10. The fourth-order valence-electron chi connectivity index (χ4n) is 1.53. The maximum Gasteiger partial charge on any atom is 0.257 e. The average Bonchev–Trinajstić information content (AvgIpc) is 2.25. The van der Waals surface area contributed by atoms with Crippen molar-refractivity contribution in [2.45, 2.75) is 26.3 Å². The van der Waals surface area contributed by atoms with E-state index in [9.17, 15) is 18.4 Å². The molecule has 0 unspecified atom stereocenters. The number of benzene rings is 1. The van der Waals surface area contributed by atoms with Gasteiger partial charge in [0.15, 0.2) is 0 Å². The summed E-state index contributed by atoms with van der Waals surface area (Å²) in [5.74, 6) is -3.04. The van der Waals surface area contributed by atoms with Crippen LogP contribution >= 0.6 is 15.9 Å². The number of hydrogen-bond acceptors (Lipinski definition) is 2. The van der Waals surface area contributed by atoms with E-state index in [0.717, 1.165) is 12.1 Å². The van der Waals surface area contributed by atoms with E-state index in [-0.39, 0.29) is 29.4 Å². The Morgan fingerprint density at radius 1 is 1.25 bits per heavy atom. The van der Waals surface area contributed by atoms with Crippen LogP contribution in [0.25, 0.3) is 0 Å². The molecule has 0 heterocycles. The van der Waals surface area contributed by atoms with Gasteiger partial charge >= 0.3 is 0 Å². The van der Waals surface area contributed by atoms with Gasteiger partial charge in [-0.2, -0.15) is 0 Å². The first-order chi connectivity index (χ1) is 9.31. The summed E-state index contributed by atoms with van der Waals surface area (Å²) in [4.78, 5) is 23.0. The average molecular weight is 349 g/mol. The molecule has 1 rings (SSSR count). The third-order valence-corrected chi connectivity index (χ3v) is 2.78. The predicted molar refractivity (Wildman–Crippen MR) is 74.3 cm³/mol. The zero-order valence-electron chi connectivity index (χ0n) is 11.1. The van der Waals surface area contributed by atoms with Gasteiger partial charge in [-0.15, -0.1) is 0 Å². The smallest absolute Gasteiger partial charge is 0.257 e. The first kappa shape index (κ1) is 16.6. The lowest BCUT2D eigenvalue weighted by Crippen LogP contribution is -2.34. The lowest BCUT2D eigenvalue weighted by molar-refractivity contribution is -0.121. The van der Waals surface area contributed by atoms with Crippen LogP contribution in [0, 0.1) is 11.6 Å². The van der Waals surface area contributed by atoms with Crippen LogP contribution in [-0.4, -0.2) is 24.4 Å². The van der Waals surface area contributed by atoms with E-state index in [0.29, 0.717) is 0 Å². The second-order valence-corrected chi connectivity index (χ2v) is 5.39. The van der Waals surface area contributed by atoms with Gasteiger partial charge in [0.25, 0.3) is 5.91 Å². The Morgan fingerprint density at radius 2 is 1.80 bits per heavy atom. The van der Waals surface area contributed by atoms with Crippen LogP contribution in [0.4, 0.5) is 8.78 Å². The molecule has 0 bridgehead atoms. The molecule has 0 aliphatic rings. The van der Waals surface area contributed by atoms with Crippen molar-refractivity contribution in [3.8, 4) is 0 Å². The van der Waals surface area contributed by atoms with E-state index in [1.165, 1.54) is 0 Å². The quantitative estimate of drug-likeness (QED) is 0.858. The van der Waals surface area contributed by atoms with E-state index in [4.69, 9.17) is 0 Å². The maximum absolute atomic E-state index is 13.5. The lowest BCUT2D eigenvalue weighted by Gasteiger charge is -2.09. The van der Waals surface area contributed by atoms with Crippen LogP contribution in [0.1, 0.15) is 30.6 Å². The number of amides is 2. The number of nitrogens with one attached hydrogen (secondary N) is 2. The van der Waals surface area contributed by atoms with Crippen molar-refractivity contribution in [3.05, 3.63) is 33.8 Å². The van der Waals surface area contributed by atoms with Gasteiger partial charge in [0.05, 0.1) is 0 Å². The van der Waals surface area contributed by atoms with Crippen LogP contribution in [0.5, 0.6) is 0 Å². The number of rotatable bonds is 5. The normalized spacial score (nSPS) is 10.5. The third-order valence-electron chi connectivity index (χ3n) is 2.32. The van der Waals surface area contributed by atoms with E-state index in [1.54, 1.807) is 0 Å². The van der Waals surface area contributed by atoms with Gasteiger partial charge in [0.2, 0.25) is 5.91 Å². The molecule has 0 saturated heterocycles. The Morgan fingerprint density at radius 3 is 2.30 bits per heavy atom. The molecular formula is C13H15BrF2N2O2. The third kappa shape index (κ3) is 4.88. The van der Waals surface area contributed by atoms with Gasteiger partial charge in [-0.1, -0.05) is 15.9 Å². The van der Waals surface area contributed by atoms with Gasteiger partial charge in [0.1, 0.15) is 17.2 Å². The fraction of sp³-hybridized carbons (Fsp3) is 0.385. The van der Waals surface area contributed by atoms with Crippen LogP contribution in [0.15, 0.2) is 16.6 Å². The van der Waals surface area contributed by atoms with Crippen LogP contribution in [0.3, 0.4) is 0 Å². The highest BCUT2D eigenvalue weighted by atomic mass is 79.9. The molecule has 0 atom stereocenters. The van der Waals surface area contributed by atoms with Crippen LogP contribution < -0.4 is 10.6 Å². The molecule has 7 heteroatoms. The largest absolute Gasteiger partial charge is 0.354 e. The van der Waals surface area contributed by atoms with E-state index >= 15 is 0 Å². The van der Waals surface area contributed by atoms with Crippen molar-refractivity contribution in [2.75, 3.05) is 6.54 Å². The fourth-order valence-corrected chi connectivity index (χ4v) is 1.93. The van der Waals surface area contributed by atoms with Crippen molar-refractivity contribution in [3.63, 3.8) is 0 Å². The second-order valence-electron chi connectivity index (χ2n) is 4.47. The predicted octanol–water partition coefficient (Wildman–Crippen LogP) is 2.37. The summed E-state index contributed by atoms with van der Waals surface area (Å²) in [6.45, 7) is 3.62. The minimum Gasteiger partial charge on any atom is -0.354 e. The Hall–Kier alpha value is -1.50. The van der Waals surface area contributed by atoms with Crippen molar-refractivity contribution in [1.29, 1.82) is 0 Å². The first-order valence-corrected chi connectivity index (χ1v) is 6.82. The van der Waals surface area contributed by atoms with Crippen molar-refractivity contribution in [2.24, 2.45) is 0 Å². The van der Waals surface area contributed by atoms with Crippen LogP contribution in [0.2, 0.25) is 0 Å². The Bertz CT molecular complexity index is 498. The monoisotopic (exact) mass is 348 g/mol. The Balaban J connectivity index is 2.58. The molecule has 2 N–H and O–H groups in total. The summed E-state index contributed by atoms with van der Waals surface area (Å²) in [5.41, 5.74) is -0.655. The number of carbonyl (C=O) groups is 2. The first-order valence-electron chi connectivity index (χ1n) is 6.03. The molecule has 110 valence electrons. The molecule has 0 saturated carbocycles. The Kier molecular flexibility index (Phi) is 6.06. The minimum absolute atomic E-state index is 0.000404. The zero-order chi connectivity index (χ0) is 15.3. The van der Waals surface area contributed by atoms with Gasteiger partial charge in [0, 0.05) is 23.5 Å². The van der Waals surface area contributed by atoms with Crippen molar-refractivity contribution < 1.29 is 18.4 Å². The summed E-state index contributed by atoms with van der Waals surface area (Å²) in [5, 5.41) is 4.95. The van der Waals surface area contributed by atoms with Crippen LogP contribution in [-0.2, 0) is 4.79 Å². The number of halogens is 3. The summed E-state index contributed by atoms with van der Waals surface area (Å²) in [7, 11) is 0. The Labute approximate surface area is 124 Å². The molecule has 2 amide bonds. The minimum atomic E-state index is -0.957. The summed E-state index contributed by atoms with van der Waals surface area (Å²) >= 11 is 2.93. The zero-order valence-corrected chi connectivity index (χ0v) is 12.7. The molecule has 1 aromatic rings. The molecule has 0 aliphatic carbocycles. The van der Waals surface area contributed by atoms with Gasteiger partial charge < -0.3 is 10.6 Å². The van der Waals surface area contributed by atoms with Gasteiger partial charge in [-0.05, 0) is 26.0 Å². The topological polar surface area (TPSA) is 58.2 Å². The summed E-state index contributed by atoms with van der Waals surface area (Å²) in [6.07, 6.45) is 0.0453. The standard InChI is InChI=1S/C13H15BrF2N2O2/c1-7(2)18-11(19)3-4-17-13(20)12-9(15)5-8(14)6-10(12)16/h5-7H,3-4H2,1-2H3,(H,17,20)(H,18,19). The van der Waals surface area contributed by atoms with Crippen molar-refractivity contribution >= 4 is 27.7 Å². The molecule has 0 aliphatic heterocycles. The molecule has 1 aromatic carbocycles.